The molecule has 0 bridgehead atoms. The minimum absolute atomic E-state index is 0.201. The zero-order valence-corrected chi connectivity index (χ0v) is 16.7. The Balaban J connectivity index is 1.70. The Hall–Kier alpha value is -1.88. The number of rotatable bonds is 8. The predicted molar refractivity (Wildman–Crippen MR) is 111 cm³/mol. The van der Waals surface area contributed by atoms with Gasteiger partial charge in [-0.3, -0.25) is 10.1 Å². The number of allylic oxidation sites excluding steroid dienone is 1. The lowest BCUT2D eigenvalue weighted by Crippen LogP contribution is -2.39. The van der Waals surface area contributed by atoms with Crippen LogP contribution in [0.3, 0.4) is 0 Å². The molecule has 0 radical (unpaired) electrons. The van der Waals surface area contributed by atoms with Gasteiger partial charge >= 0.3 is 0 Å². The third-order valence-electron chi connectivity index (χ3n) is 4.42. The van der Waals surface area contributed by atoms with Crippen molar-refractivity contribution < 1.29 is 9.53 Å². The van der Waals surface area contributed by atoms with E-state index in [9.17, 15) is 4.79 Å². The summed E-state index contributed by atoms with van der Waals surface area (Å²) in [6.07, 6.45) is 9.28. The van der Waals surface area contributed by atoms with Crippen LogP contribution in [0, 0.1) is 5.92 Å². The van der Waals surface area contributed by atoms with E-state index in [0.717, 1.165) is 25.1 Å². The van der Waals surface area contributed by atoms with Crippen LogP contribution < -0.4 is 15.4 Å². The Bertz CT molecular complexity index is 623. The molecular formula is C21H30N2O2S. The van der Waals surface area contributed by atoms with E-state index in [1.54, 1.807) is 12.1 Å². The second-order valence-electron chi connectivity index (χ2n) is 7.12. The quantitative estimate of drug-likeness (QED) is 0.515. The van der Waals surface area contributed by atoms with Crippen LogP contribution in [0.5, 0.6) is 5.75 Å². The van der Waals surface area contributed by atoms with Gasteiger partial charge in [0.25, 0.3) is 5.91 Å². The van der Waals surface area contributed by atoms with Gasteiger partial charge in [-0.05, 0) is 80.9 Å². The number of hydrogen-bond acceptors (Lipinski definition) is 3. The van der Waals surface area contributed by atoms with Gasteiger partial charge in [0, 0.05) is 12.1 Å². The number of thiocarbonyl (C=S) groups is 1. The molecule has 1 aromatic carbocycles. The molecule has 142 valence electrons. The highest BCUT2D eigenvalue weighted by Gasteiger charge is 2.09. The zero-order chi connectivity index (χ0) is 18.8. The van der Waals surface area contributed by atoms with Crippen molar-refractivity contribution >= 4 is 23.2 Å². The van der Waals surface area contributed by atoms with Crippen LogP contribution in [0.2, 0.25) is 0 Å². The molecule has 0 unspecified atom stereocenters. The van der Waals surface area contributed by atoms with Crippen LogP contribution in [-0.4, -0.2) is 24.2 Å². The Labute approximate surface area is 162 Å². The average molecular weight is 375 g/mol. The van der Waals surface area contributed by atoms with Gasteiger partial charge in [-0.1, -0.05) is 25.5 Å². The summed E-state index contributed by atoms with van der Waals surface area (Å²) in [5.74, 6) is 1.19. The minimum Gasteiger partial charge on any atom is -0.494 e. The fraction of sp³-hybridized carbons (Fsp3) is 0.524. The van der Waals surface area contributed by atoms with Crippen LogP contribution in [0.1, 0.15) is 62.7 Å². The minimum atomic E-state index is -0.201. The van der Waals surface area contributed by atoms with Gasteiger partial charge in [0.1, 0.15) is 5.75 Å². The summed E-state index contributed by atoms with van der Waals surface area (Å²) >= 11 is 5.22. The van der Waals surface area contributed by atoms with E-state index in [-0.39, 0.29) is 5.91 Å². The second-order valence-corrected chi connectivity index (χ2v) is 7.53. The number of benzene rings is 1. The first-order chi connectivity index (χ1) is 12.5. The molecular weight excluding hydrogens is 344 g/mol. The fourth-order valence-corrected chi connectivity index (χ4v) is 3.00. The smallest absolute Gasteiger partial charge is 0.257 e. The van der Waals surface area contributed by atoms with E-state index < -0.39 is 0 Å². The highest BCUT2D eigenvalue weighted by Crippen LogP contribution is 2.19. The summed E-state index contributed by atoms with van der Waals surface area (Å²) in [6, 6.07) is 7.16. The Morgan fingerprint density at radius 1 is 1.23 bits per heavy atom. The van der Waals surface area contributed by atoms with E-state index >= 15 is 0 Å². The molecule has 0 spiro atoms. The first-order valence-electron chi connectivity index (χ1n) is 9.54. The van der Waals surface area contributed by atoms with Crippen molar-refractivity contribution in [2.75, 3.05) is 13.2 Å². The molecule has 5 heteroatoms. The molecule has 0 atom stereocenters. The largest absolute Gasteiger partial charge is 0.494 e. The summed E-state index contributed by atoms with van der Waals surface area (Å²) in [6.45, 7) is 5.78. The fourth-order valence-electron chi connectivity index (χ4n) is 2.80. The first-order valence-corrected chi connectivity index (χ1v) is 9.95. The maximum atomic E-state index is 12.2. The molecule has 1 amide bonds. The Morgan fingerprint density at radius 3 is 2.65 bits per heavy atom. The maximum absolute atomic E-state index is 12.2. The molecule has 0 aliphatic heterocycles. The monoisotopic (exact) mass is 374 g/mol. The Kier molecular flexibility index (Phi) is 8.62. The van der Waals surface area contributed by atoms with Crippen molar-refractivity contribution in [3.05, 3.63) is 41.5 Å². The van der Waals surface area contributed by atoms with E-state index in [0.29, 0.717) is 23.2 Å². The van der Waals surface area contributed by atoms with Crippen LogP contribution >= 0.6 is 12.2 Å². The van der Waals surface area contributed by atoms with E-state index in [4.69, 9.17) is 17.0 Å². The third kappa shape index (κ3) is 7.56. The van der Waals surface area contributed by atoms with Gasteiger partial charge in [0.2, 0.25) is 0 Å². The molecule has 0 saturated carbocycles. The van der Waals surface area contributed by atoms with Gasteiger partial charge in [-0.15, -0.1) is 0 Å². The van der Waals surface area contributed by atoms with Crippen molar-refractivity contribution in [2.45, 2.75) is 52.4 Å². The van der Waals surface area contributed by atoms with Gasteiger partial charge in [0.15, 0.2) is 5.11 Å². The van der Waals surface area contributed by atoms with Crippen LogP contribution in [0.4, 0.5) is 0 Å². The SMILES string of the molecule is CC(C)CCOc1ccc(C(=O)NC(=S)NCCC2=CCCCC2)cc1. The standard InChI is InChI=1S/C21H30N2O2S/c1-16(2)13-15-25-19-10-8-18(9-11-19)20(24)23-21(26)22-14-12-17-6-4-3-5-7-17/h6,8-11,16H,3-5,7,12-15H2,1-2H3,(H2,22,23,24,26). The van der Waals surface area contributed by atoms with Crippen molar-refractivity contribution in [1.82, 2.24) is 10.6 Å². The van der Waals surface area contributed by atoms with E-state index in [1.807, 2.05) is 12.1 Å². The van der Waals surface area contributed by atoms with Crippen molar-refractivity contribution in [2.24, 2.45) is 5.92 Å². The van der Waals surface area contributed by atoms with E-state index in [2.05, 4.69) is 30.6 Å². The zero-order valence-electron chi connectivity index (χ0n) is 15.8. The molecule has 0 fully saturated rings. The lowest BCUT2D eigenvalue weighted by atomic mass is 9.97. The molecule has 1 aliphatic rings. The summed E-state index contributed by atoms with van der Waals surface area (Å²) in [5.41, 5.74) is 2.06. The van der Waals surface area contributed by atoms with Gasteiger partial charge in [-0.2, -0.15) is 0 Å². The number of hydrogen-bond donors (Lipinski definition) is 2. The maximum Gasteiger partial charge on any atom is 0.257 e. The normalized spacial score (nSPS) is 13.9. The van der Waals surface area contributed by atoms with Crippen molar-refractivity contribution in [1.29, 1.82) is 0 Å². The number of carbonyl (C=O) groups excluding carboxylic acids is 1. The topological polar surface area (TPSA) is 50.4 Å². The summed E-state index contributed by atoms with van der Waals surface area (Å²) in [4.78, 5) is 12.2. The summed E-state index contributed by atoms with van der Waals surface area (Å²) in [5, 5.41) is 6.23. The predicted octanol–water partition coefficient (Wildman–Crippen LogP) is 4.61. The molecule has 0 aromatic heterocycles. The van der Waals surface area contributed by atoms with Crippen LogP contribution in [-0.2, 0) is 0 Å². The summed E-state index contributed by atoms with van der Waals surface area (Å²) < 4.78 is 5.67. The van der Waals surface area contributed by atoms with Gasteiger partial charge in [-0.25, -0.2) is 0 Å². The molecule has 4 nitrogen and oxygen atoms in total. The van der Waals surface area contributed by atoms with Crippen LogP contribution in [0.25, 0.3) is 0 Å². The highest BCUT2D eigenvalue weighted by atomic mass is 32.1. The average Bonchev–Trinajstić information content (AvgIpc) is 2.63. The lowest BCUT2D eigenvalue weighted by Gasteiger charge is -2.14. The number of nitrogens with one attached hydrogen (secondary N) is 2. The first kappa shape index (κ1) is 20.4. The van der Waals surface area contributed by atoms with Crippen molar-refractivity contribution in [3.63, 3.8) is 0 Å². The number of ether oxygens (including phenoxy) is 1. The number of amides is 1. The third-order valence-corrected chi connectivity index (χ3v) is 4.67. The molecule has 1 aliphatic carbocycles. The molecule has 0 saturated heterocycles. The van der Waals surface area contributed by atoms with E-state index in [1.165, 1.54) is 31.3 Å². The van der Waals surface area contributed by atoms with Gasteiger partial charge in [0.05, 0.1) is 6.61 Å². The van der Waals surface area contributed by atoms with Crippen LogP contribution in [0.15, 0.2) is 35.9 Å². The molecule has 2 N–H and O–H groups in total. The van der Waals surface area contributed by atoms with Crippen molar-refractivity contribution in [3.8, 4) is 5.75 Å². The highest BCUT2D eigenvalue weighted by molar-refractivity contribution is 7.80. The molecule has 0 heterocycles. The molecule has 26 heavy (non-hydrogen) atoms. The van der Waals surface area contributed by atoms with Gasteiger partial charge < -0.3 is 10.1 Å². The molecule has 1 aromatic rings. The molecule has 2 rings (SSSR count). The summed E-state index contributed by atoms with van der Waals surface area (Å²) in [7, 11) is 0. The number of carbonyl (C=O) groups is 1. The Morgan fingerprint density at radius 2 is 2.00 bits per heavy atom. The second kappa shape index (κ2) is 11.0. The lowest BCUT2D eigenvalue weighted by molar-refractivity contribution is 0.0976.